The van der Waals surface area contributed by atoms with Gasteiger partial charge in [0, 0.05) is 30.9 Å². The molecule has 0 spiro atoms. The van der Waals surface area contributed by atoms with E-state index >= 15 is 0 Å². The summed E-state index contributed by atoms with van der Waals surface area (Å²) in [5.41, 5.74) is 3.47. The Hall–Kier alpha value is -3.04. The van der Waals surface area contributed by atoms with Gasteiger partial charge >= 0.3 is 6.03 Å². The summed E-state index contributed by atoms with van der Waals surface area (Å²) in [5.74, 6) is 0.628. The van der Waals surface area contributed by atoms with Gasteiger partial charge < -0.3 is 14.6 Å². The number of urea groups is 1. The van der Waals surface area contributed by atoms with Gasteiger partial charge in [-0.1, -0.05) is 32.0 Å². The number of nitrogens with one attached hydrogen (secondary N) is 2. The Balaban J connectivity index is 1.58. The standard InChI is InChI=1S/C21H23N5O3S/c1-14(2)16-5-3-6-17(15-7-9-22-10-8-15)19(16)24-21(27)25-30(28)18-13-23-26-11-4-12-29-20(18)26/h3,5-10,13-14H,4,11-12H2,1-2H3,(H2,24,25,27)/t30-/m1/s1. The molecule has 156 valence electrons. The molecule has 0 unspecified atom stereocenters. The van der Waals surface area contributed by atoms with E-state index in [1.165, 1.54) is 6.20 Å². The number of hydrogen-bond donors (Lipinski definition) is 2. The maximum atomic E-state index is 12.7. The number of pyridine rings is 1. The Labute approximate surface area is 178 Å². The van der Waals surface area contributed by atoms with Crippen LogP contribution >= 0.6 is 0 Å². The Morgan fingerprint density at radius 1 is 1.27 bits per heavy atom. The number of fused-ring (bicyclic) bond motifs is 1. The Bertz CT molecular complexity index is 1040. The highest BCUT2D eigenvalue weighted by Gasteiger charge is 2.28. The number of rotatable bonds is 5. The summed E-state index contributed by atoms with van der Waals surface area (Å²) in [6.45, 7) is 5.36. The quantitative estimate of drug-likeness (QED) is 0.607. The molecule has 3 heterocycles. The number of anilines is 1. The first-order chi connectivity index (χ1) is 14.5. The number of benzene rings is 1. The molecular formula is C21H23N5O3S. The SMILES string of the molecule is CC(C)c1cccc(-c2ccncc2)c1NC(=O)N[S@+]([O-])c1cnn2c1OCCC2. The molecule has 2 amide bonds. The van der Waals surface area contributed by atoms with Crippen LogP contribution in [-0.2, 0) is 17.9 Å². The van der Waals surface area contributed by atoms with Crippen LogP contribution in [0.5, 0.6) is 5.88 Å². The Morgan fingerprint density at radius 3 is 2.83 bits per heavy atom. The molecule has 8 nitrogen and oxygen atoms in total. The van der Waals surface area contributed by atoms with Crippen LogP contribution in [0.25, 0.3) is 11.1 Å². The van der Waals surface area contributed by atoms with Crippen molar-refractivity contribution in [2.75, 3.05) is 11.9 Å². The van der Waals surface area contributed by atoms with Gasteiger partial charge in [0.25, 0.3) is 10.8 Å². The molecule has 0 saturated carbocycles. The van der Waals surface area contributed by atoms with Gasteiger partial charge in [-0.15, -0.1) is 4.72 Å². The zero-order chi connectivity index (χ0) is 21.1. The van der Waals surface area contributed by atoms with Crippen molar-refractivity contribution in [1.29, 1.82) is 0 Å². The third-order valence-electron chi connectivity index (χ3n) is 4.85. The van der Waals surface area contributed by atoms with Gasteiger partial charge in [0.15, 0.2) is 0 Å². The number of aromatic nitrogens is 3. The van der Waals surface area contributed by atoms with Gasteiger partial charge in [0.1, 0.15) is 17.6 Å². The lowest BCUT2D eigenvalue weighted by molar-refractivity contribution is 0.224. The van der Waals surface area contributed by atoms with E-state index in [2.05, 4.69) is 34.0 Å². The van der Waals surface area contributed by atoms with Crippen LogP contribution in [0.4, 0.5) is 10.5 Å². The molecule has 0 saturated heterocycles. The van der Waals surface area contributed by atoms with Crippen molar-refractivity contribution in [2.45, 2.75) is 37.6 Å². The van der Waals surface area contributed by atoms with Crippen LogP contribution in [0, 0.1) is 0 Å². The van der Waals surface area contributed by atoms with Crippen LogP contribution < -0.4 is 14.8 Å². The zero-order valence-corrected chi connectivity index (χ0v) is 17.6. The van der Waals surface area contributed by atoms with Crippen LogP contribution in [0.3, 0.4) is 0 Å². The molecule has 0 fully saturated rings. The monoisotopic (exact) mass is 425 g/mol. The van der Waals surface area contributed by atoms with E-state index in [9.17, 15) is 9.35 Å². The van der Waals surface area contributed by atoms with E-state index in [0.717, 1.165) is 23.1 Å². The van der Waals surface area contributed by atoms with Crippen LogP contribution in [0.15, 0.2) is 53.8 Å². The molecule has 1 atom stereocenters. The second-order valence-corrected chi connectivity index (χ2v) is 8.41. The number of para-hydroxylation sites is 1. The summed E-state index contributed by atoms with van der Waals surface area (Å²) in [4.78, 5) is 17.2. The van der Waals surface area contributed by atoms with Gasteiger partial charge in [0.05, 0.1) is 12.3 Å². The molecule has 0 radical (unpaired) electrons. The minimum absolute atomic E-state index is 0.184. The number of carbonyl (C=O) groups excluding carboxylic acids is 1. The van der Waals surface area contributed by atoms with E-state index < -0.39 is 17.4 Å². The van der Waals surface area contributed by atoms with E-state index in [-0.39, 0.29) is 5.92 Å². The lowest BCUT2D eigenvalue weighted by atomic mass is 9.94. The first-order valence-electron chi connectivity index (χ1n) is 9.76. The highest BCUT2D eigenvalue weighted by atomic mass is 32.2. The average Bonchev–Trinajstić information content (AvgIpc) is 3.18. The fraction of sp³-hybridized carbons (Fsp3) is 0.286. The summed E-state index contributed by atoms with van der Waals surface area (Å²) < 4.78 is 22.5. The van der Waals surface area contributed by atoms with Crippen molar-refractivity contribution in [3.05, 3.63) is 54.5 Å². The molecule has 1 aromatic carbocycles. The summed E-state index contributed by atoms with van der Waals surface area (Å²) in [6, 6.07) is 9.09. The second kappa shape index (κ2) is 8.76. The van der Waals surface area contributed by atoms with Gasteiger partial charge in [-0.3, -0.25) is 4.98 Å². The smallest absolute Gasteiger partial charge is 0.361 e. The number of amides is 2. The van der Waals surface area contributed by atoms with Gasteiger partial charge in [-0.2, -0.15) is 5.10 Å². The molecule has 3 aromatic rings. The molecule has 2 aromatic heterocycles. The number of aryl methyl sites for hydroxylation is 1. The highest BCUT2D eigenvalue weighted by Crippen LogP contribution is 2.35. The minimum Gasteiger partial charge on any atom is -0.588 e. The van der Waals surface area contributed by atoms with Gasteiger partial charge in [0.2, 0.25) is 0 Å². The van der Waals surface area contributed by atoms with Crippen molar-refractivity contribution < 1.29 is 14.1 Å². The first kappa shape index (κ1) is 20.2. The van der Waals surface area contributed by atoms with Crippen molar-refractivity contribution in [1.82, 2.24) is 19.5 Å². The third-order valence-corrected chi connectivity index (χ3v) is 5.90. The molecule has 4 rings (SSSR count). The minimum atomic E-state index is -1.79. The lowest BCUT2D eigenvalue weighted by Crippen LogP contribution is -2.35. The van der Waals surface area contributed by atoms with Crippen molar-refractivity contribution in [2.24, 2.45) is 0 Å². The summed E-state index contributed by atoms with van der Waals surface area (Å²) in [7, 11) is 0. The lowest BCUT2D eigenvalue weighted by Gasteiger charge is -2.19. The topological polar surface area (TPSA) is 104 Å². The predicted octanol–water partition coefficient (Wildman–Crippen LogP) is 3.70. The number of hydrogen-bond acceptors (Lipinski definition) is 5. The summed E-state index contributed by atoms with van der Waals surface area (Å²) in [6.07, 6.45) is 5.74. The molecule has 0 bridgehead atoms. The molecule has 1 aliphatic heterocycles. The van der Waals surface area contributed by atoms with Crippen molar-refractivity contribution in [3.63, 3.8) is 0 Å². The zero-order valence-electron chi connectivity index (χ0n) is 16.8. The maximum Gasteiger partial charge on any atom is 0.361 e. The molecular weight excluding hydrogens is 402 g/mol. The number of ether oxygens (including phenoxy) is 1. The van der Waals surface area contributed by atoms with Crippen molar-refractivity contribution >= 4 is 23.1 Å². The van der Waals surface area contributed by atoms with E-state index in [4.69, 9.17) is 4.74 Å². The highest BCUT2D eigenvalue weighted by molar-refractivity contribution is 7.90. The van der Waals surface area contributed by atoms with Gasteiger partial charge in [-0.25, -0.2) is 9.48 Å². The number of carbonyl (C=O) groups is 1. The fourth-order valence-corrected chi connectivity index (χ4v) is 4.21. The second-order valence-electron chi connectivity index (χ2n) is 7.22. The molecule has 30 heavy (non-hydrogen) atoms. The largest absolute Gasteiger partial charge is 0.588 e. The van der Waals surface area contributed by atoms with E-state index in [1.807, 2.05) is 30.3 Å². The predicted molar refractivity (Wildman–Crippen MR) is 115 cm³/mol. The van der Waals surface area contributed by atoms with Crippen LogP contribution in [0.2, 0.25) is 0 Å². The number of nitrogens with zero attached hydrogens (tertiary/aromatic N) is 3. The normalized spacial score (nSPS) is 14.0. The van der Waals surface area contributed by atoms with Gasteiger partial charge in [-0.05, 0) is 29.2 Å². The molecule has 2 N–H and O–H groups in total. The summed E-state index contributed by atoms with van der Waals surface area (Å²) >= 11 is -1.79. The fourth-order valence-electron chi connectivity index (χ4n) is 3.41. The van der Waals surface area contributed by atoms with E-state index in [1.54, 1.807) is 17.1 Å². The molecule has 0 aliphatic carbocycles. The van der Waals surface area contributed by atoms with E-state index in [0.29, 0.717) is 29.6 Å². The molecule has 9 heteroatoms. The Morgan fingerprint density at radius 2 is 2.07 bits per heavy atom. The van der Waals surface area contributed by atoms with Crippen LogP contribution in [-0.4, -0.2) is 32.0 Å². The average molecular weight is 426 g/mol. The summed E-state index contributed by atoms with van der Waals surface area (Å²) in [5, 5.41) is 7.08. The maximum absolute atomic E-state index is 12.7. The molecule has 1 aliphatic rings. The third kappa shape index (κ3) is 4.12. The van der Waals surface area contributed by atoms with Crippen molar-refractivity contribution in [3.8, 4) is 17.0 Å². The Kier molecular flexibility index (Phi) is 5.91. The van der Waals surface area contributed by atoms with Crippen LogP contribution in [0.1, 0.15) is 31.7 Å². The first-order valence-corrected chi connectivity index (χ1v) is 10.9.